The van der Waals surface area contributed by atoms with Crippen molar-refractivity contribution in [3.05, 3.63) is 59.8 Å². The summed E-state index contributed by atoms with van der Waals surface area (Å²) in [6, 6.07) is 12.8. The van der Waals surface area contributed by atoms with E-state index in [-0.39, 0.29) is 31.2 Å². The summed E-state index contributed by atoms with van der Waals surface area (Å²) in [6.07, 6.45) is 6.51. The molecule has 1 aliphatic carbocycles. The van der Waals surface area contributed by atoms with Crippen LogP contribution in [0.15, 0.2) is 48.7 Å². The zero-order valence-electron chi connectivity index (χ0n) is 22.2. The third-order valence-corrected chi connectivity index (χ3v) is 8.68. The number of ether oxygens (including phenoxy) is 3. The number of benzene rings is 2. The fourth-order valence-electron chi connectivity index (χ4n) is 6.74. The summed E-state index contributed by atoms with van der Waals surface area (Å²) in [5.41, 5.74) is 2.16. The number of amides is 1. The van der Waals surface area contributed by atoms with E-state index >= 15 is 0 Å². The van der Waals surface area contributed by atoms with Crippen LogP contribution < -0.4 is 14.8 Å². The van der Waals surface area contributed by atoms with E-state index in [0.717, 1.165) is 47.7 Å². The highest BCUT2D eigenvalue weighted by Gasteiger charge is 2.49. The van der Waals surface area contributed by atoms with Gasteiger partial charge in [-0.25, -0.2) is 4.79 Å². The second-order valence-electron chi connectivity index (χ2n) is 10.9. The van der Waals surface area contributed by atoms with E-state index in [0.29, 0.717) is 30.9 Å². The minimum Gasteiger partial charge on any atom is -0.467 e. The first kappa shape index (κ1) is 25.7. The Morgan fingerprint density at radius 2 is 2.03 bits per heavy atom. The number of carbonyl (C=O) groups excluding carboxylic acids is 2. The Labute approximate surface area is 227 Å². The van der Waals surface area contributed by atoms with Crippen molar-refractivity contribution in [2.45, 2.75) is 56.2 Å². The molecule has 39 heavy (non-hydrogen) atoms. The van der Waals surface area contributed by atoms with Gasteiger partial charge in [0.05, 0.1) is 19.3 Å². The second-order valence-corrected chi connectivity index (χ2v) is 10.9. The van der Waals surface area contributed by atoms with Crippen LogP contribution in [0.3, 0.4) is 0 Å². The number of methoxy groups -OCH3 is 1. The number of esters is 1. The van der Waals surface area contributed by atoms with Gasteiger partial charge in [-0.15, -0.1) is 0 Å². The molecule has 1 amide bonds. The number of nitrogens with one attached hydrogen (secondary N) is 2. The summed E-state index contributed by atoms with van der Waals surface area (Å²) in [5.74, 6) is 0.650. The summed E-state index contributed by atoms with van der Waals surface area (Å²) in [4.78, 5) is 31.5. The summed E-state index contributed by atoms with van der Waals surface area (Å²) in [7, 11) is 1.33. The average molecular weight is 534 g/mol. The lowest BCUT2D eigenvalue weighted by Crippen LogP contribution is -2.57. The number of H-pyrrole nitrogens is 1. The molecule has 6 rings (SSSR count). The van der Waals surface area contributed by atoms with Crippen molar-refractivity contribution in [1.82, 2.24) is 15.2 Å². The lowest BCUT2D eigenvalue weighted by Gasteiger charge is -2.52. The first-order valence-electron chi connectivity index (χ1n) is 13.7. The maximum Gasteiger partial charge on any atom is 0.328 e. The van der Waals surface area contributed by atoms with Gasteiger partial charge in [0, 0.05) is 42.0 Å². The Morgan fingerprint density at radius 3 is 2.90 bits per heavy atom. The third-order valence-electron chi connectivity index (χ3n) is 8.68. The molecule has 0 radical (unpaired) electrons. The molecule has 3 N–H and O–H groups in total. The zero-order chi connectivity index (χ0) is 27.0. The monoisotopic (exact) mass is 533 g/mol. The van der Waals surface area contributed by atoms with E-state index < -0.39 is 17.6 Å². The predicted molar refractivity (Wildman–Crippen MR) is 144 cm³/mol. The van der Waals surface area contributed by atoms with E-state index in [1.165, 1.54) is 7.11 Å². The number of aliphatic hydroxyl groups is 1. The summed E-state index contributed by atoms with van der Waals surface area (Å²) in [5, 5.41) is 15.5. The average Bonchev–Trinajstić information content (AvgIpc) is 3.59. The number of carbonyl (C=O) groups is 2. The molecule has 1 saturated heterocycles. The molecule has 2 aromatic carbocycles. The van der Waals surface area contributed by atoms with Crippen molar-refractivity contribution in [1.29, 1.82) is 0 Å². The molecule has 9 nitrogen and oxygen atoms in total. The molecule has 3 heterocycles. The normalized spacial score (nSPS) is 25.2. The Kier molecular flexibility index (Phi) is 6.95. The predicted octanol–water partition coefficient (Wildman–Crippen LogP) is 3.47. The highest BCUT2D eigenvalue weighted by Crippen LogP contribution is 2.50. The quantitative estimate of drug-likeness (QED) is 0.399. The van der Waals surface area contributed by atoms with Crippen molar-refractivity contribution < 1.29 is 28.9 Å². The number of nitrogens with zero attached hydrogens (tertiary/aromatic N) is 1. The molecule has 3 aromatic rings. The van der Waals surface area contributed by atoms with Gasteiger partial charge in [0.1, 0.15) is 6.04 Å². The number of hydrogen-bond donors (Lipinski definition) is 3. The number of likely N-dealkylation sites (tertiary alicyclic amines) is 1. The molecule has 3 unspecified atom stereocenters. The van der Waals surface area contributed by atoms with Gasteiger partial charge in [-0.05, 0) is 48.6 Å². The molecule has 1 saturated carbocycles. The molecular formula is C30H35N3O6. The standard InChI is InChI=1S/C30H35N3O6/c1-37-29(35)24(14-20-16-31-23-8-3-2-6-21(20)23)32-27(34)17-33-13-12-30(36)11-5-4-7-22(30)28(33)19-9-10-25-26(15-19)39-18-38-25/h2-3,6,8-10,15-16,22,24,28,31,36H,4-5,7,11-14,17-18H2,1H3,(H,32,34)/t22?,24?,28-,30?/m0/s1. The SMILES string of the molecule is COC(=O)C(Cc1c[nH]c2ccccc12)NC(=O)CN1CCC2(O)CCCCC2[C@@H]1c1ccc2c(c1)OCO2. The van der Waals surface area contributed by atoms with Gasteiger partial charge in [0.25, 0.3) is 0 Å². The summed E-state index contributed by atoms with van der Waals surface area (Å²) in [6.45, 7) is 0.867. The number of rotatable bonds is 7. The summed E-state index contributed by atoms with van der Waals surface area (Å²) < 4.78 is 16.2. The van der Waals surface area contributed by atoms with Crippen LogP contribution in [0.5, 0.6) is 11.5 Å². The van der Waals surface area contributed by atoms with Gasteiger partial charge < -0.3 is 29.6 Å². The van der Waals surface area contributed by atoms with Crippen molar-refractivity contribution in [3.8, 4) is 11.5 Å². The smallest absolute Gasteiger partial charge is 0.328 e. The molecule has 0 spiro atoms. The van der Waals surface area contributed by atoms with E-state index in [2.05, 4.69) is 15.2 Å². The van der Waals surface area contributed by atoms with Crippen LogP contribution in [-0.2, 0) is 20.7 Å². The van der Waals surface area contributed by atoms with Gasteiger partial charge in [-0.2, -0.15) is 0 Å². The second kappa shape index (κ2) is 10.5. The Balaban J connectivity index is 1.23. The first-order chi connectivity index (χ1) is 18.9. The van der Waals surface area contributed by atoms with Crippen LogP contribution in [0.25, 0.3) is 10.9 Å². The molecule has 4 atom stereocenters. The molecule has 2 aliphatic heterocycles. The largest absolute Gasteiger partial charge is 0.467 e. The van der Waals surface area contributed by atoms with E-state index in [1.807, 2.05) is 48.7 Å². The minimum atomic E-state index is -0.817. The van der Waals surface area contributed by atoms with Crippen molar-refractivity contribution in [2.24, 2.45) is 5.92 Å². The van der Waals surface area contributed by atoms with Gasteiger partial charge >= 0.3 is 5.97 Å². The first-order valence-corrected chi connectivity index (χ1v) is 13.7. The van der Waals surface area contributed by atoms with Gasteiger partial charge in [-0.1, -0.05) is 37.1 Å². The molecule has 206 valence electrons. The third kappa shape index (κ3) is 4.96. The molecule has 2 fully saturated rings. The Bertz CT molecular complexity index is 1370. The van der Waals surface area contributed by atoms with Gasteiger partial charge in [0.2, 0.25) is 12.7 Å². The van der Waals surface area contributed by atoms with Gasteiger partial charge in [0.15, 0.2) is 11.5 Å². The number of aromatic nitrogens is 1. The highest BCUT2D eigenvalue weighted by molar-refractivity contribution is 5.88. The maximum atomic E-state index is 13.5. The number of hydrogen-bond acceptors (Lipinski definition) is 7. The molecular weight excluding hydrogens is 498 g/mol. The maximum absolute atomic E-state index is 13.5. The van der Waals surface area contributed by atoms with Crippen LogP contribution in [0.1, 0.15) is 49.3 Å². The van der Waals surface area contributed by atoms with Crippen LogP contribution in [0, 0.1) is 5.92 Å². The van der Waals surface area contributed by atoms with Crippen LogP contribution in [-0.4, -0.2) is 65.5 Å². The van der Waals surface area contributed by atoms with Crippen LogP contribution >= 0.6 is 0 Å². The highest BCUT2D eigenvalue weighted by atomic mass is 16.7. The summed E-state index contributed by atoms with van der Waals surface area (Å²) >= 11 is 0. The van der Waals surface area contributed by atoms with E-state index in [1.54, 1.807) is 0 Å². The number of fused-ring (bicyclic) bond motifs is 3. The Morgan fingerprint density at radius 1 is 1.18 bits per heavy atom. The molecule has 3 aliphatic rings. The Hall–Kier alpha value is -3.56. The molecule has 0 bridgehead atoms. The molecule has 1 aromatic heterocycles. The van der Waals surface area contributed by atoms with E-state index in [9.17, 15) is 14.7 Å². The van der Waals surface area contributed by atoms with Gasteiger partial charge in [-0.3, -0.25) is 9.69 Å². The number of piperidine rings is 1. The minimum absolute atomic E-state index is 0.00389. The molecule has 9 heteroatoms. The fraction of sp³-hybridized carbons (Fsp3) is 0.467. The zero-order valence-corrected chi connectivity index (χ0v) is 22.2. The number of para-hydroxylation sites is 1. The lowest BCUT2D eigenvalue weighted by atomic mass is 9.66. The fourth-order valence-corrected chi connectivity index (χ4v) is 6.74. The number of aromatic amines is 1. The lowest BCUT2D eigenvalue weighted by molar-refractivity contribution is -0.146. The van der Waals surface area contributed by atoms with Crippen molar-refractivity contribution in [2.75, 3.05) is 27.0 Å². The topological polar surface area (TPSA) is 113 Å². The van der Waals surface area contributed by atoms with Crippen LogP contribution in [0.4, 0.5) is 0 Å². The van der Waals surface area contributed by atoms with Crippen molar-refractivity contribution in [3.63, 3.8) is 0 Å². The van der Waals surface area contributed by atoms with Crippen LogP contribution in [0.2, 0.25) is 0 Å². The van der Waals surface area contributed by atoms with E-state index in [4.69, 9.17) is 14.2 Å². The van der Waals surface area contributed by atoms with Crippen molar-refractivity contribution >= 4 is 22.8 Å².